The van der Waals surface area contributed by atoms with Gasteiger partial charge in [-0.1, -0.05) is 13.0 Å². The average molecular weight is 336 g/mol. The van der Waals surface area contributed by atoms with E-state index in [1.165, 1.54) is 14.0 Å². The summed E-state index contributed by atoms with van der Waals surface area (Å²) in [6.07, 6.45) is -4.74. The topological polar surface area (TPSA) is 69.6 Å². The number of nitrogens with zero attached hydrogens (tertiary/aromatic N) is 1. The van der Waals surface area contributed by atoms with Gasteiger partial charge >= 0.3 is 18.2 Å². The monoisotopic (exact) mass is 336 g/mol. The number of hydrogen-bond donors (Lipinski definition) is 2. The Kier molecular flexibility index (Phi) is 5.94. The summed E-state index contributed by atoms with van der Waals surface area (Å²) in [5.41, 5.74) is -1.45. The van der Waals surface area contributed by atoms with Crippen LogP contribution in [0.25, 0.3) is 0 Å². The van der Waals surface area contributed by atoms with Crippen molar-refractivity contribution >= 4 is 12.0 Å². The molecule has 23 heavy (non-hydrogen) atoms. The van der Waals surface area contributed by atoms with E-state index in [2.05, 4.69) is 5.32 Å². The third-order valence-corrected chi connectivity index (χ3v) is 3.12. The van der Waals surface area contributed by atoms with Crippen LogP contribution in [-0.2, 0) is 17.5 Å². The molecule has 128 valence electrons. The smallest absolute Gasteiger partial charge is 0.416 e. The molecule has 0 aliphatic carbocycles. The van der Waals surface area contributed by atoms with Gasteiger partial charge in [0.1, 0.15) is 5.82 Å². The highest BCUT2D eigenvalue weighted by Gasteiger charge is 2.33. The first-order chi connectivity index (χ1) is 10.5. The number of carboxylic acids is 1. The Labute approximate surface area is 129 Å². The maximum absolute atomic E-state index is 13.0. The first kappa shape index (κ1) is 18.7. The number of rotatable bonds is 5. The van der Waals surface area contributed by atoms with Crippen molar-refractivity contribution in [1.82, 2.24) is 10.2 Å². The molecule has 0 spiro atoms. The predicted octanol–water partition coefficient (Wildman–Crippen LogP) is 2.71. The normalized spacial score (nSPS) is 12.6. The van der Waals surface area contributed by atoms with E-state index in [-0.39, 0.29) is 12.1 Å². The fourth-order valence-electron chi connectivity index (χ4n) is 1.84. The minimum absolute atomic E-state index is 0.100. The van der Waals surface area contributed by atoms with E-state index >= 15 is 0 Å². The molecule has 0 saturated carbocycles. The summed E-state index contributed by atoms with van der Waals surface area (Å²) in [5.74, 6) is -2.94. The number of amides is 2. The number of alkyl halides is 3. The molecule has 9 heteroatoms. The Morgan fingerprint density at radius 2 is 1.96 bits per heavy atom. The van der Waals surface area contributed by atoms with Gasteiger partial charge in [0.15, 0.2) is 0 Å². The van der Waals surface area contributed by atoms with E-state index in [0.717, 1.165) is 17.0 Å². The molecule has 0 aliphatic heterocycles. The molecule has 1 aromatic rings. The van der Waals surface area contributed by atoms with Gasteiger partial charge in [0.25, 0.3) is 0 Å². The largest absolute Gasteiger partial charge is 0.481 e. The van der Waals surface area contributed by atoms with E-state index in [0.29, 0.717) is 6.07 Å². The molecule has 5 nitrogen and oxygen atoms in total. The number of benzene rings is 1. The second-order valence-electron chi connectivity index (χ2n) is 5.08. The predicted molar refractivity (Wildman–Crippen MR) is 73.1 cm³/mol. The summed E-state index contributed by atoms with van der Waals surface area (Å²) in [4.78, 5) is 23.5. The first-order valence-corrected chi connectivity index (χ1v) is 6.59. The van der Waals surface area contributed by atoms with Crippen molar-refractivity contribution in [2.24, 2.45) is 5.92 Å². The molecule has 1 rings (SSSR count). The van der Waals surface area contributed by atoms with E-state index in [4.69, 9.17) is 5.11 Å². The molecule has 1 aromatic carbocycles. The van der Waals surface area contributed by atoms with Crippen LogP contribution in [0.2, 0.25) is 0 Å². The number of urea groups is 1. The summed E-state index contributed by atoms with van der Waals surface area (Å²) in [5, 5.41) is 11.0. The van der Waals surface area contributed by atoms with Crippen molar-refractivity contribution in [3.8, 4) is 0 Å². The average Bonchev–Trinajstić information content (AvgIpc) is 2.44. The minimum Gasteiger partial charge on any atom is -0.481 e. The van der Waals surface area contributed by atoms with Crippen LogP contribution in [0.1, 0.15) is 18.1 Å². The Bertz CT molecular complexity index is 590. The van der Waals surface area contributed by atoms with Gasteiger partial charge in [-0.15, -0.1) is 0 Å². The van der Waals surface area contributed by atoms with E-state index in [1.54, 1.807) is 0 Å². The van der Waals surface area contributed by atoms with E-state index < -0.39 is 42.0 Å². The SMILES string of the molecule is CC(CN(C)C(=O)NCc1ccc(F)cc1C(F)(F)F)C(=O)O. The number of aliphatic carboxylic acids is 1. The van der Waals surface area contributed by atoms with Gasteiger partial charge in [0.2, 0.25) is 0 Å². The molecule has 0 heterocycles. The second-order valence-corrected chi connectivity index (χ2v) is 5.08. The zero-order valence-corrected chi connectivity index (χ0v) is 12.4. The lowest BCUT2D eigenvalue weighted by molar-refractivity contribution is -0.141. The Morgan fingerprint density at radius 1 is 1.35 bits per heavy atom. The van der Waals surface area contributed by atoms with Gasteiger partial charge < -0.3 is 15.3 Å². The minimum atomic E-state index is -4.74. The van der Waals surface area contributed by atoms with Crippen LogP contribution in [0.15, 0.2) is 18.2 Å². The van der Waals surface area contributed by atoms with Crippen molar-refractivity contribution in [2.45, 2.75) is 19.6 Å². The van der Waals surface area contributed by atoms with Crippen LogP contribution < -0.4 is 5.32 Å². The molecular formula is C14H16F4N2O3. The number of carbonyl (C=O) groups excluding carboxylic acids is 1. The molecular weight excluding hydrogens is 320 g/mol. The number of hydrogen-bond acceptors (Lipinski definition) is 2. The summed E-state index contributed by atoms with van der Waals surface area (Å²) >= 11 is 0. The van der Waals surface area contributed by atoms with Gasteiger partial charge in [-0.25, -0.2) is 9.18 Å². The lowest BCUT2D eigenvalue weighted by Gasteiger charge is -2.21. The van der Waals surface area contributed by atoms with Gasteiger partial charge in [0, 0.05) is 20.1 Å². The van der Waals surface area contributed by atoms with Crippen LogP contribution in [-0.4, -0.2) is 35.6 Å². The highest BCUT2D eigenvalue weighted by atomic mass is 19.4. The van der Waals surface area contributed by atoms with Gasteiger partial charge in [0.05, 0.1) is 11.5 Å². The van der Waals surface area contributed by atoms with Crippen molar-refractivity contribution < 1.29 is 32.3 Å². The van der Waals surface area contributed by atoms with Gasteiger partial charge in [-0.2, -0.15) is 13.2 Å². The molecule has 1 atom stereocenters. The van der Waals surface area contributed by atoms with Crippen molar-refractivity contribution in [3.63, 3.8) is 0 Å². The maximum atomic E-state index is 13.0. The van der Waals surface area contributed by atoms with Crippen LogP contribution in [0, 0.1) is 11.7 Å². The van der Waals surface area contributed by atoms with Gasteiger partial charge in [-0.05, 0) is 17.7 Å². The molecule has 0 fully saturated rings. The Hall–Kier alpha value is -2.32. The zero-order valence-electron chi connectivity index (χ0n) is 12.4. The third-order valence-electron chi connectivity index (χ3n) is 3.12. The molecule has 1 unspecified atom stereocenters. The first-order valence-electron chi connectivity index (χ1n) is 6.59. The third kappa shape index (κ3) is 5.42. The Morgan fingerprint density at radius 3 is 2.48 bits per heavy atom. The fourth-order valence-corrected chi connectivity index (χ4v) is 1.84. The molecule has 0 aliphatic rings. The van der Waals surface area contributed by atoms with Crippen LogP contribution in [0.3, 0.4) is 0 Å². The zero-order chi connectivity index (χ0) is 17.8. The van der Waals surface area contributed by atoms with Crippen LogP contribution >= 0.6 is 0 Å². The highest BCUT2D eigenvalue weighted by Crippen LogP contribution is 2.32. The molecule has 0 bridgehead atoms. The molecule has 0 aromatic heterocycles. The Balaban J connectivity index is 2.75. The van der Waals surface area contributed by atoms with E-state index in [9.17, 15) is 27.2 Å². The second kappa shape index (κ2) is 7.30. The van der Waals surface area contributed by atoms with Gasteiger partial charge in [-0.3, -0.25) is 4.79 Å². The lowest BCUT2D eigenvalue weighted by atomic mass is 10.1. The molecule has 0 saturated heterocycles. The van der Waals surface area contributed by atoms with E-state index in [1.807, 2.05) is 0 Å². The maximum Gasteiger partial charge on any atom is 0.416 e. The quantitative estimate of drug-likeness (QED) is 0.812. The summed E-state index contributed by atoms with van der Waals surface area (Å²) < 4.78 is 51.4. The van der Waals surface area contributed by atoms with Crippen molar-refractivity contribution in [2.75, 3.05) is 13.6 Å². The summed E-state index contributed by atoms with van der Waals surface area (Å²) in [6.45, 7) is 0.838. The summed E-state index contributed by atoms with van der Waals surface area (Å²) in [7, 11) is 1.32. The standard InChI is InChI=1S/C14H16F4N2O3/c1-8(12(21)22)7-20(2)13(23)19-6-9-3-4-10(15)5-11(9)14(16,17)18/h3-5,8H,6-7H2,1-2H3,(H,19,23)(H,21,22). The number of nitrogens with one attached hydrogen (secondary N) is 1. The number of carbonyl (C=O) groups is 2. The number of carboxylic acid groups (broad SMARTS) is 1. The number of halogens is 4. The molecule has 2 amide bonds. The van der Waals surface area contributed by atoms with Crippen LogP contribution in [0.4, 0.5) is 22.4 Å². The summed E-state index contributed by atoms with van der Waals surface area (Å²) in [6, 6.07) is 1.44. The highest BCUT2D eigenvalue weighted by molar-refractivity contribution is 5.75. The lowest BCUT2D eigenvalue weighted by Crippen LogP contribution is -2.40. The van der Waals surface area contributed by atoms with Crippen molar-refractivity contribution in [1.29, 1.82) is 0 Å². The molecule has 2 N–H and O–H groups in total. The fraction of sp³-hybridized carbons (Fsp3) is 0.429. The molecule has 0 radical (unpaired) electrons. The van der Waals surface area contributed by atoms with Crippen molar-refractivity contribution in [3.05, 3.63) is 35.1 Å². The van der Waals surface area contributed by atoms with Crippen LogP contribution in [0.5, 0.6) is 0 Å².